The topological polar surface area (TPSA) is 67.2 Å². The van der Waals surface area contributed by atoms with E-state index < -0.39 is 12.0 Å². The summed E-state index contributed by atoms with van der Waals surface area (Å²) in [4.78, 5) is 11.4. The summed E-state index contributed by atoms with van der Waals surface area (Å²) in [6, 6.07) is 11.8. The largest absolute Gasteiger partial charge is 0.384 e. The van der Waals surface area contributed by atoms with Gasteiger partial charge in [0, 0.05) is 12.6 Å². The first kappa shape index (κ1) is 13.3. The lowest BCUT2D eigenvalue weighted by Gasteiger charge is -2.10. The van der Waals surface area contributed by atoms with Gasteiger partial charge in [0.1, 0.15) is 11.9 Å². The first-order chi connectivity index (χ1) is 9.16. The Morgan fingerprint density at radius 2 is 2.11 bits per heavy atom. The van der Waals surface area contributed by atoms with Crippen molar-refractivity contribution in [2.75, 3.05) is 5.32 Å². The van der Waals surface area contributed by atoms with Gasteiger partial charge in [-0.3, -0.25) is 4.79 Å². The van der Waals surface area contributed by atoms with E-state index in [0.29, 0.717) is 12.4 Å². The number of aromatic nitrogens is 2. The lowest BCUT2D eigenvalue weighted by Crippen LogP contribution is -2.26. The third-order valence-corrected chi connectivity index (χ3v) is 2.80. The van der Waals surface area contributed by atoms with Crippen molar-refractivity contribution in [3.05, 3.63) is 48.2 Å². The first-order valence-corrected chi connectivity index (χ1v) is 6.21. The second-order valence-corrected chi connectivity index (χ2v) is 4.34. The number of hydrogen-bond acceptors (Lipinski definition) is 3. The van der Waals surface area contributed by atoms with Gasteiger partial charge in [0.05, 0.1) is 6.20 Å². The van der Waals surface area contributed by atoms with E-state index in [2.05, 4.69) is 22.5 Å². The number of carbonyl (C=O) groups is 1. The highest BCUT2D eigenvalue weighted by Gasteiger charge is 2.11. The molecule has 0 radical (unpaired) electrons. The summed E-state index contributed by atoms with van der Waals surface area (Å²) in [5.74, 6) is 0.170. The van der Waals surface area contributed by atoms with Crippen molar-refractivity contribution in [1.82, 2.24) is 9.78 Å². The molecule has 0 saturated heterocycles. The molecule has 1 heterocycles. The molecule has 0 spiro atoms. The Bertz CT molecular complexity index is 535. The van der Waals surface area contributed by atoms with Gasteiger partial charge in [-0.15, -0.1) is 0 Å². The van der Waals surface area contributed by atoms with Crippen molar-refractivity contribution in [3.63, 3.8) is 0 Å². The Hall–Kier alpha value is -2.14. The minimum atomic E-state index is -1.03. The van der Waals surface area contributed by atoms with Crippen LogP contribution in [0.25, 0.3) is 0 Å². The lowest BCUT2D eigenvalue weighted by molar-refractivity contribution is -0.123. The minimum absolute atomic E-state index is 0.429. The Morgan fingerprint density at radius 3 is 2.79 bits per heavy atom. The third kappa shape index (κ3) is 3.66. The molecule has 100 valence electrons. The monoisotopic (exact) mass is 259 g/mol. The van der Waals surface area contributed by atoms with Gasteiger partial charge in [0.15, 0.2) is 0 Å². The van der Waals surface area contributed by atoms with Crippen LogP contribution in [-0.4, -0.2) is 26.9 Å². The van der Waals surface area contributed by atoms with Crippen molar-refractivity contribution in [2.45, 2.75) is 26.0 Å². The normalized spacial score (nSPS) is 12.1. The van der Waals surface area contributed by atoms with E-state index in [1.165, 1.54) is 12.5 Å². The second-order valence-electron chi connectivity index (χ2n) is 4.34. The molecule has 2 N–H and O–H groups in total. The summed E-state index contributed by atoms with van der Waals surface area (Å²) < 4.78 is 1.72. The average Bonchev–Trinajstić information content (AvgIpc) is 2.85. The van der Waals surface area contributed by atoms with Crippen LogP contribution in [0, 0.1) is 0 Å². The smallest absolute Gasteiger partial charge is 0.254 e. The summed E-state index contributed by atoms with van der Waals surface area (Å²) in [7, 11) is 0. The molecule has 0 aliphatic carbocycles. The quantitative estimate of drug-likeness (QED) is 0.854. The molecule has 0 aliphatic heterocycles. The second kappa shape index (κ2) is 6.15. The van der Waals surface area contributed by atoms with Crippen LogP contribution in [0.4, 0.5) is 5.82 Å². The Balaban J connectivity index is 1.98. The van der Waals surface area contributed by atoms with Gasteiger partial charge in [-0.1, -0.05) is 30.3 Å². The number of amides is 1. The molecule has 1 unspecified atom stereocenters. The molecule has 1 aromatic carbocycles. The van der Waals surface area contributed by atoms with Crippen LogP contribution in [0.5, 0.6) is 0 Å². The highest BCUT2D eigenvalue weighted by Crippen LogP contribution is 2.09. The van der Waals surface area contributed by atoms with E-state index in [4.69, 9.17) is 0 Å². The Labute approximate surface area is 111 Å². The van der Waals surface area contributed by atoms with Gasteiger partial charge in [-0.25, -0.2) is 4.68 Å². The Morgan fingerprint density at radius 1 is 1.37 bits per heavy atom. The summed E-state index contributed by atoms with van der Waals surface area (Å²) in [6.07, 6.45) is 1.43. The standard InChI is InChI=1S/C14H17N3O2/c1-11(18)14(19)16-13-7-9-15-17(13)10-8-12-5-3-2-4-6-12/h2-7,9,11,18H,8,10H2,1H3,(H,16,19). The highest BCUT2D eigenvalue weighted by molar-refractivity contribution is 5.92. The number of anilines is 1. The SMILES string of the molecule is CC(O)C(=O)Nc1ccnn1CCc1ccccc1. The summed E-state index contributed by atoms with van der Waals surface area (Å²) in [6.45, 7) is 2.10. The minimum Gasteiger partial charge on any atom is -0.384 e. The van der Waals surface area contributed by atoms with Crippen LogP contribution >= 0.6 is 0 Å². The van der Waals surface area contributed by atoms with E-state index in [-0.39, 0.29) is 0 Å². The molecule has 5 nitrogen and oxygen atoms in total. The number of aliphatic hydroxyl groups excluding tert-OH is 1. The molecule has 2 rings (SSSR count). The fraction of sp³-hybridized carbons (Fsp3) is 0.286. The van der Waals surface area contributed by atoms with Gasteiger partial charge in [0.2, 0.25) is 0 Å². The zero-order chi connectivity index (χ0) is 13.7. The zero-order valence-corrected chi connectivity index (χ0v) is 10.8. The Kier molecular flexibility index (Phi) is 4.30. The number of aliphatic hydroxyl groups is 1. The van der Waals surface area contributed by atoms with Crippen LogP contribution in [0.2, 0.25) is 0 Å². The van der Waals surface area contributed by atoms with E-state index in [1.807, 2.05) is 18.2 Å². The third-order valence-electron chi connectivity index (χ3n) is 2.80. The van der Waals surface area contributed by atoms with Crippen LogP contribution in [0.3, 0.4) is 0 Å². The number of hydrogen-bond donors (Lipinski definition) is 2. The molecular weight excluding hydrogens is 242 g/mol. The van der Waals surface area contributed by atoms with Crippen LogP contribution < -0.4 is 5.32 Å². The molecule has 0 bridgehead atoms. The van der Waals surface area contributed by atoms with Crippen molar-refractivity contribution in [2.24, 2.45) is 0 Å². The predicted octanol–water partition coefficient (Wildman–Crippen LogP) is 1.45. The zero-order valence-electron chi connectivity index (χ0n) is 10.8. The summed E-state index contributed by atoms with van der Waals surface area (Å²) >= 11 is 0. The fourth-order valence-electron chi connectivity index (χ4n) is 1.73. The van der Waals surface area contributed by atoms with Crippen molar-refractivity contribution < 1.29 is 9.90 Å². The molecular formula is C14H17N3O2. The van der Waals surface area contributed by atoms with E-state index in [1.54, 1.807) is 16.9 Å². The van der Waals surface area contributed by atoms with E-state index >= 15 is 0 Å². The fourth-order valence-corrected chi connectivity index (χ4v) is 1.73. The first-order valence-electron chi connectivity index (χ1n) is 6.21. The maximum atomic E-state index is 11.4. The molecule has 2 aromatic rings. The number of nitrogens with zero attached hydrogens (tertiary/aromatic N) is 2. The lowest BCUT2D eigenvalue weighted by atomic mass is 10.1. The number of benzene rings is 1. The summed E-state index contributed by atoms with van der Waals surface area (Å²) in [5.41, 5.74) is 1.21. The van der Waals surface area contributed by atoms with Crippen LogP contribution in [0.1, 0.15) is 12.5 Å². The van der Waals surface area contributed by atoms with E-state index in [0.717, 1.165) is 6.42 Å². The number of nitrogens with one attached hydrogen (secondary N) is 1. The van der Waals surface area contributed by atoms with Gasteiger partial charge in [0.25, 0.3) is 5.91 Å². The van der Waals surface area contributed by atoms with Crippen molar-refractivity contribution in [1.29, 1.82) is 0 Å². The summed E-state index contributed by atoms with van der Waals surface area (Å²) in [5, 5.41) is 16.0. The number of carbonyl (C=O) groups excluding carboxylic acids is 1. The van der Waals surface area contributed by atoms with Crippen LogP contribution in [-0.2, 0) is 17.8 Å². The highest BCUT2D eigenvalue weighted by atomic mass is 16.3. The molecule has 0 aliphatic rings. The van der Waals surface area contributed by atoms with Crippen molar-refractivity contribution >= 4 is 11.7 Å². The van der Waals surface area contributed by atoms with Gasteiger partial charge in [-0.05, 0) is 18.9 Å². The van der Waals surface area contributed by atoms with E-state index in [9.17, 15) is 9.90 Å². The molecule has 0 saturated carbocycles. The molecule has 1 atom stereocenters. The molecule has 19 heavy (non-hydrogen) atoms. The molecule has 5 heteroatoms. The number of rotatable bonds is 5. The maximum absolute atomic E-state index is 11.4. The van der Waals surface area contributed by atoms with Gasteiger partial charge < -0.3 is 10.4 Å². The maximum Gasteiger partial charge on any atom is 0.254 e. The predicted molar refractivity (Wildman–Crippen MR) is 72.7 cm³/mol. The van der Waals surface area contributed by atoms with Gasteiger partial charge in [-0.2, -0.15) is 5.10 Å². The van der Waals surface area contributed by atoms with Crippen LogP contribution in [0.15, 0.2) is 42.6 Å². The van der Waals surface area contributed by atoms with Crippen molar-refractivity contribution in [3.8, 4) is 0 Å². The average molecular weight is 259 g/mol. The number of aryl methyl sites for hydroxylation is 2. The molecule has 1 amide bonds. The molecule has 0 fully saturated rings. The molecule has 1 aromatic heterocycles. The van der Waals surface area contributed by atoms with Gasteiger partial charge >= 0.3 is 0 Å².